The third-order valence-corrected chi connectivity index (χ3v) is 2.39. The Bertz CT molecular complexity index is 363. The van der Waals surface area contributed by atoms with Gasteiger partial charge in [0, 0.05) is 6.54 Å². The Labute approximate surface area is 96.5 Å². The third kappa shape index (κ3) is 3.63. The smallest absolute Gasteiger partial charge is 0.147 e. The molecule has 88 valence electrons. The van der Waals surface area contributed by atoms with E-state index >= 15 is 0 Å². The SMILES string of the molecule is CCCNC(C#N)CCn1nc(C)nc1C. The highest BCUT2D eigenvalue weighted by Gasteiger charge is 2.08. The highest BCUT2D eigenvalue weighted by Crippen LogP contribution is 2.00. The van der Waals surface area contributed by atoms with E-state index in [1.807, 2.05) is 18.5 Å². The Kier molecular flexibility index (Phi) is 4.93. The average Bonchev–Trinajstić information content (AvgIpc) is 2.58. The number of rotatable bonds is 6. The van der Waals surface area contributed by atoms with Gasteiger partial charge in [-0.15, -0.1) is 0 Å². The minimum atomic E-state index is -0.0937. The van der Waals surface area contributed by atoms with Crippen LogP contribution in [0.15, 0.2) is 0 Å². The van der Waals surface area contributed by atoms with Crippen molar-refractivity contribution < 1.29 is 0 Å². The van der Waals surface area contributed by atoms with E-state index in [4.69, 9.17) is 5.26 Å². The molecule has 1 N–H and O–H groups in total. The lowest BCUT2D eigenvalue weighted by Crippen LogP contribution is -2.29. The van der Waals surface area contributed by atoms with Crippen molar-refractivity contribution in [2.45, 2.75) is 46.2 Å². The van der Waals surface area contributed by atoms with Gasteiger partial charge in [0.05, 0.1) is 12.1 Å². The second-order valence-electron chi connectivity index (χ2n) is 3.85. The molecule has 0 amide bonds. The van der Waals surface area contributed by atoms with Crippen molar-refractivity contribution in [2.24, 2.45) is 0 Å². The zero-order chi connectivity index (χ0) is 12.0. The van der Waals surface area contributed by atoms with Crippen LogP contribution >= 0.6 is 0 Å². The summed E-state index contributed by atoms with van der Waals surface area (Å²) >= 11 is 0. The van der Waals surface area contributed by atoms with Crippen LogP contribution in [0, 0.1) is 25.2 Å². The summed E-state index contributed by atoms with van der Waals surface area (Å²) < 4.78 is 1.85. The van der Waals surface area contributed by atoms with E-state index < -0.39 is 0 Å². The van der Waals surface area contributed by atoms with E-state index in [0.717, 1.165) is 37.6 Å². The molecule has 1 atom stereocenters. The molecule has 1 aromatic rings. The van der Waals surface area contributed by atoms with Gasteiger partial charge >= 0.3 is 0 Å². The molecule has 5 heteroatoms. The molecule has 0 bridgehead atoms. The molecule has 0 saturated carbocycles. The molecule has 0 aliphatic carbocycles. The van der Waals surface area contributed by atoms with Crippen LogP contribution in [0.3, 0.4) is 0 Å². The predicted molar refractivity (Wildman–Crippen MR) is 61.8 cm³/mol. The molecule has 1 heterocycles. The molecule has 1 unspecified atom stereocenters. The van der Waals surface area contributed by atoms with Crippen molar-refractivity contribution in [3.63, 3.8) is 0 Å². The Morgan fingerprint density at radius 2 is 2.25 bits per heavy atom. The minimum absolute atomic E-state index is 0.0937. The maximum Gasteiger partial charge on any atom is 0.147 e. The molecule has 1 aromatic heterocycles. The Morgan fingerprint density at radius 3 is 2.75 bits per heavy atom. The van der Waals surface area contributed by atoms with Gasteiger partial charge in [-0.05, 0) is 33.2 Å². The lowest BCUT2D eigenvalue weighted by Gasteiger charge is -2.10. The first-order valence-corrected chi connectivity index (χ1v) is 5.68. The monoisotopic (exact) mass is 221 g/mol. The Balaban J connectivity index is 2.43. The van der Waals surface area contributed by atoms with E-state index in [0.29, 0.717) is 0 Å². The van der Waals surface area contributed by atoms with Crippen LogP contribution in [0.2, 0.25) is 0 Å². The topological polar surface area (TPSA) is 66.5 Å². The quantitative estimate of drug-likeness (QED) is 0.783. The van der Waals surface area contributed by atoms with Crippen LogP contribution in [0.4, 0.5) is 0 Å². The number of nitrogens with zero attached hydrogens (tertiary/aromatic N) is 4. The van der Waals surface area contributed by atoms with Crippen molar-refractivity contribution in [3.8, 4) is 6.07 Å². The highest BCUT2D eigenvalue weighted by atomic mass is 15.3. The summed E-state index contributed by atoms with van der Waals surface area (Å²) in [6.07, 6.45) is 1.81. The van der Waals surface area contributed by atoms with Crippen LogP contribution in [0.25, 0.3) is 0 Å². The molecular weight excluding hydrogens is 202 g/mol. The first-order valence-electron chi connectivity index (χ1n) is 5.68. The number of hydrogen-bond acceptors (Lipinski definition) is 4. The van der Waals surface area contributed by atoms with Gasteiger partial charge in [-0.1, -0.05) is 6.92 Å². The first kappa shape index (κ1) is 12.7. The van der Waals surface area contributed by atoms with E-state index in [1.165, 1.54) is 0 Å². The van der Waals surface area contributed by atoms with Gasteiger partial charge in [-0.2, -0.15) is 10.4 Å². The maximum atomic E-state index is 8.95. The second kappa shape index (κ2) is 6.23. The highest BCUT2D eigenvalue weighted by molar-refractivity contribution is 4.91. The summed E-state index contributed by atoms with van der Waals surface area (Å²) in [4.78, 5) is 4.23. The zero-order valence-electron chi connectivity index (χ0n) is 10.2. The normalized spacial score (nSPS) is 12.4. The van der Waals surface area contributed by atoms with Crippen molar-refractivity contribution >= 4 is 0 Å². The summed E-state index contributed by atoms with van der Waals surface area (Å²) in [5.41, 5.74) is 0. The van der Waals surface area contributed by atoms with E-state index in [2.05, 4.69) is 28.4 Å². The van der Waals surface area contributed by atoms with Gasteiger partial charge in [0.15, 0.2) is 0 Å². The van der Waals surface area contributed by atoms with Gasteiger partial charge in [0.1, 0.15) is 11.6 Å². The van der Waals surface area contributed by atoms with Crippen molar-refractivity contribution in [1.29, 1.82) is 5.26 Å². The molecule has 0 fully saturated rings. The molecule has 0 saturated heterocycles. The second-order valence-corrected chi connectivity index (χ2v) is 3.85. The van der Waals surface area contributed by atoms with Crippen LogP contribution in [-0.2, 0) is 6.54 Å². The van der Waals surface area contributed by atoms with Gasteiger partial charge in [-0.25, -0.2) is 4.98 Å². The molecule has 0 aromatic carbocycles. The maximum absolute atomic E-state index is 8.95. The molecule has 16 heavy (non-hydrogen) atoms. The molecule has 0 spiro atoms. The summed E-state index contributed by atoms with van der Waals surface area (Å²) in [6.45, 7) is 7.52. The van der Waals surface area contributed by atoms with Gasteiger partial charge in [0.25, 0.3) is 0 Å². The summed E-state index contributed by atoms with van der Waals surface area (Å²) in [5, 5.41) is 16.4. The Hall–Kier alpha value is -1.41. The number of nitriles is 1. The van der Waals surface area contributed by atoms with Crippen LogP contribution < -0.4 is 5.32 Å². The number of hydrogen-bond donors (Lipinski definition) is 1. The summed E-state index contributed by atoms with van der Waals surface area (Å²) in [6, 6.07) is 2.17. The Morgan fingerprint density at radius 1 is 1.50 bits per heavy atom. The summed E-state index contributed by atoms with van der Waals surface area (Å²) in [5.74, 6) is 1.69. The number of aryl methyl sites for hydroxylation is 3. The van der Waals surface area contributed by atoms with Crippen molar-refractivity contribution in [2.75, 3.05) is 6.54 Å². The fraction of sp³-hybridized carbons (Fsp3) is 0.727. The zero-order valence-corrected chi connectivity index (χ0v) is 10.2. The molecule has 0 aliphatic rings. The molecule has 0 radical (unpaired) electrons. The molecule has 1 rings (SSSR count). The lowest BCUT2D eigenvalue weighted by atomic mass is 10.2. The van der Waals surface area contributed by atoms with Gasteiger partial charge < -0.3 is 5.32 Å². The van der Waals surface area contributed by atoms with Crippen LogP contribution in [-0.4, -0.2) is 27.4 Å². The van der Waals surface area contributed by atoms with Crippen LogP contribution in [0.1, 0.15) is 31.4 Å². The fourth-order valence-electron chi connectivity index (χ4n) is 1.56. The van der Waals surface area contributed by atoms with Crippen molar-refractivity contribution in [1.82, 2.24) is 20.1 Å². The van der Waals surface area contributed by atoms with E-state index in [9.17, 15) is 0 Å². The van der Waals surface area contributed by atoms with Gasteiger partial charge in [-0.3, -0.25) is 4.68 Å². The average molecular weight is 221 g/mol. The van der Waals surface area contributed by atoms with Gasteiger partial charge in [0.2, 0.25) is 0 Å². The first-order chi connectivity index (χ1) is 7.67. The van der Waals surface area contributed by atoms with E-state index in [1.54, 1.807) is 0 Å². The molecule has 5 nitrogen and oxygen atoms in total. The third-order valence-electron chi connectivity index (χ3n) is 2.39. The van der Waals surface area contributed by atoms with Crippen molar-refractivity contribution in [3.05, 3.63) is 11.6 Å². The van der Waals surface area contributed by atoms with E-state index in [-0.39, 0.29) is 6.04 Å². The lowest BCUT2D eigenvalue weighted by molar-refractivity contribution is 0.485. The number of aromatic nitrogens is 3. The minimum Gasteiger partial charge on any atom is -0.302 e. The van der Waals surface area contributed by atoms with Crippen LogP contribution in [0.5, 0.6) is 0 Å². The predicted octanol–water partition coefficient (Wildman–Crippen LogP) is 1.18. The molecule has 0 aliphatic heterocycles. The molecular formula is C11H19N5. The standard InChI is InChI=1S/C11H19N5/c1-4-6-13-11(8-12)5-7-16-10(3)14-9(2)15-16/h11,13H,4-7H2,1-3H3. The fourth-order valence-corrected chi connectivity index (χ4v) is 1.56. The summed E-state index contributed by atoms with van der Waals surface area (Å²) in [7, 11) is 0. The largest absolute Gasteiger partial charge is 0.302 e. The number of nitrogens with one attached hydrogen (secondary N) is 1.